The van der Waals surface area contributed by atoms with Gasteiger partial charge in [-0.15, -0.1) is 0 Å². The van der Waals surface area contributed by atoms with Crippen molar-refractivity contribution in [3.63, 3.8) is 0 Å². The number of ether oxygens (including phenoxy) is 1. The Morgan fingerprint density at radius 3 is 3.17 bits per heavy atom. The molecule has 2 atom stereocenters. The Hall–Kier alpha value is -1.39. The van der Waals surface area contributed by atoms with Crippen molar-refractivity contribution in [1.29, 1.82) is 0 Å². The lowest BCUT2D eigenvalue weighted by Crippen LogP contribution is -2.26. The molecule has 96 valence electrons. The van der Waals surface area contributed by atoms with Gasteiger partial charge in [-0.2, -0.15) is 0 Å². The second-order valence-electron chi connectivity index (χ2n) is 5.00. The maximum atomic E-state index is 5.38. The fraction of sp³-hybridized carbons (Fsp3) is 0.500. The van der Waals surface area contributed by atoms with Crippen molar-refractivity contribution >= 4 is 11.0 Å². The average Bonchev–Trinajstić information content (AvgIpc) is 3.04. The molecule has 1 fully saturated rings. The number of nitrogens with one attached hydrogen (secondary N) is 2. The number of aromatic nitrogens is 2. The van der Waals surface area contributed by atoms with Crippen molar-refractivity contribution in [3.05, 3.63) is 30.1 Å². The van der Waals surface area contributed by atoms with Crippen molar-refractivity contribution in [1.82, 2.24) is 15.3 Å². The zero-order valence-corrected chi connectivity index (χ0v) is 10.6. The second-order valence-corrected chi connectivity index (χ2v) is 5.00. The molecule has 0 saturated carbocycles. The van der Waals surface area contributed by atoms with E-state index in [1.54, 1.807) is 0 Å². The van der Waals surface area contributed by atoms with Gasteiger partial charge < -0.3 is 15.0 Å². The molecule has 0 spiro atoms. The summed E-state index contributed by atoms with van der Waals surface area (Å²) in [5.41, 5.74) is 2.13. The molecule has 0 radical (unpaired) electrons. The van der Waals surface area contributed by atoms with Gasteiger partial charge in [-0.1, -0.05) is 12.1 Å². The molecule has 4 heteroatoms. The molecule has 3 rings (SSSR count). The molecule has 1 saturated heterocycles. The summed E-state index contributed by atoms with van der Waals surface area (Å²) >= 11 is 0. The van der Waals surface area contributed by atoms with E-state index in [1.165, 1.54) is 6.42 Å². The van der Waals surface area contributed by atoms with Gasteiger partial charge in [-0.3, -0.25) is 0 Å². The Labute approximate surface area is 107 Å². The quantitative estimate of drug-likeness (QED) is 0.868. The van der Waals surface area contributed by atoms with E-state index in [4.69, 9.17) is 4.74 Å². The van der Waals surface area contributed by atoms with E-state index < -0.39 is 0 Å². The minimum absolute atomic E-state index is 0.248. The summed E-state index contributed by atoms with van der Waals surface area (Å²) in [5.74, 6) is 1.66. The number of imidazole rings is 1. The SMILES string of the molecule is CC(NCC1CCOC1)c1nc2ccccc2[nH]1. The molecule has 2 aromatic rings. The predicted molar refractivity (Wildman–Crippen MR) is 71.4 cm³/mol. The van der Waals surface area contributed by atoms with Crippen LogP contribution in [-0.2, 0) is 4.74 Å². The molecular formula is C14H19N3O. The van der Waals surface area contributed by atoms with Crippen molar-refractivity contribution in [3.8, 4) is 0 Å². The molecule has 1 aromatic carbocycles. The summed E-state index contributed by atoms with van der Waals surface area (Å²) in [6, 6.07) is 8.38. The highest BCUT2D eigenvalue weighted by Crippen LogP contribution is 2.17. The van der Waals surface area contributed by atoms with Crippen molar-refractivity contribution < 1.29 is 4.74 Å². The van der Waals surface area contributed by atoms with Gasteiger partial charge in [0.15, 0.2) is 0 Å². The van der Waals surface area contributed by atoms with Gasteiger partial charge in [-0.05, 0) is 31.4 Å². The van der Waals surface area contributed by atoms with E-state index in [-0.39, 0.29) is 6.04 Å². The normalized spacial score (nSPS) is 21.5. The molecule has 2 N–H and O–H groups in total. The highest BCUT2D eigenvalue weighted by atomic mass is 16.5. The third-order valence-corrected chi connectivity index (χ3v) is 3.55. The van der Waals surface area contributed by atoms with Gasteiger partial charge in [0.1, 0.15) is 5.82 Å². The lowest BCUT2D eigenvalue weighted by Gasteiger charge is -2.14. The maximum absolute atomic E-state index is 5.38. The number of rotatable bonds is 4. The van der Waals surface area contributed by atoms with E-state index >= 15 is 0 Å². The lowest BCUT2D eigenvalue weighted by atomic mass is 10.1. The zero-order valence-electron chi connectivity index (χ0n) is 10.6. The number of H-pyrrole nitrogens is 1. The average molecular weight is 245 g/mol. The molecule has 2 heterocycles. The van der Waals surface area contributed by atoms with Gasteiger partial charge in [0.25, 0.3) is 0 Å². The molecule has 0 bridgehead atoms. The van der Waals surface area contributed by atoms with Gasteiger partial charge >= 0.3 is 0 Å². The van der Waals surface area contributed by atoms with Crippen LogP contribution in [-0.4, -0.2) is 29.7 Å². The van der Waals surface area contributed by atoms with Crippen LogP contribution in [0.1, 0.15) is 25.2 Å². The first-order valence-electron chi connectivity index (χ1n) is 6.58. The zero-order chi connectivity index (χ0) is 12.4. The Kier molecular flexibility index (Phi) is 3.30. The van der Waals surface area contributed by atoms with Gasteiger partial charge in [0.2, 0.25) is 0 Å². The Bertz CT molecular complexity index is 483. The van der Waals surface area contributed by atoms with E-state index in [2.05, 4.69) is 28.3 Å². The monoisotopic (exact) mass is 245 g/mol. The van der Waals surface area contributed by atoms with Gasteiger partial charge in [0, 0.05) is 13.2 Å². The maximum Gasteiger partial charge on any atom is 0.124 e. The number of para-hydroxylation sites is 2. The largest absolute Gasteiger partial charge is 0.381 e. The topological polar surface area (TPSA) is 49.9 Å². The van der Waals surface area contributed by atoms with E-state index in [0.717, 1.165) is 36.6 Å². The van der Waals surface area contributed by atoms with Gasteiger partial charge in [0.05, 0.1) is 23.7 Å². The fourth-order valence-corrected chi connectivity index (χ4v) is 2.36. The minimum Gasteiger partial charge on any atom is -0.381 e. The van der Waals surface area contributed by atoms with Crippen molar-refractivity contribution in [2.45, 2.75) is 19.4 Å². The number of aromatic amines is 1. The highest BCUT2D eigenvalue weighted by Gasteiger charge is 2.17. The first-order chi connectivity index (χ1) is 8.83. The van der Waals surface area contributed by atoms with Gasteiger partial charge in [-0.25, -0.2) is 4.98 Å². The second kappa shape index (κ2) is 5.08. The fourth-order valence-electron chi connectivity index (χ4n) is 2.36. The van der Waals surface area contributed by atoms with Crippen molar-refractivity contribution in [2.24, 2.45) is 5.92 Å². The number of fused-ring (bicyclic) bond motifs is 1. The summed E-state index contributed by atoms with van der Waals surface area (Å²) in [6.07, 6.45) is 1.17. The molecule has 1 aliphatic rings. The summed E-state index contributed by atoms with van der Waals surface area (Å²) in [6.45, 7) is 4.94. The summed E-state index contributed by atoms with van der Waals surface area (Å²) < 4.78 is 5.38. The molecule has 0 aliphatic carbocycles. The molecule has 2 unspecified atom stereocenters. The molecule has 18 heavy (non-hydrogen) atoms. The van der Waals surface area contributed by atoms with Crippen LogP contribution in [0.25, 0.3) is 11.0 Å². The number of benzene rings is 1. The first kappa shape index (κ1) is 11.7. The third-order valence-electron chi connectivity index (χ3n) is 3.55. The minimum atomic E-state index is 0.248. The Morgan fingerprint density at radius 1 is 1.50 bits per heavy atom. The summed E-state index contributed by atoms with van der Waals surface area (Å²) in [5, 5.41) is 3.53. The third kappa shape index (κ3) is 2.40. The standard InChI is InChI=1S/C14H19N3O/c1-10(15-8-11-6-7-18-9-11)14-16-12-4-2-3-5-13(12)17-14/h2-5,10-11,15H,6-9H2,1H3,(H,16,17). The van der Waals surface area contributed by atoms with E-state index in [0.29, 0.717) is 5.92 Å². The van der Waals surface area contributed by atoms with Crippen LogP contribution >= 0.6 is 0 Å². The van der Waals surface area contributed by atoms with Crippen molar-refractivity contribution in [2.75, 3.05) is 19.8 Å². The van der Waals surface area contributed by atoms with Crippen LogP contribution < -0.4 is 5.32 Å². The highest BCUT2D eigenvalue weighted by molar-refractivity contribution is 5.74. The summed E-state index contributed by atoms with van der Waals surface area (Å²) in [4.78, 5) is 7.97. The van der Waals surface area contributed by atoms with E-state index in [1.807, 2.05) is 18.2 Å². The molecule has 1 aromatic heterocycles. The van der Waals surface area contributed by atoms with Crippen LogP contribution in [0.2, 0.25) is 0 Å². The first-order valence-corrected chi connectivity index (χ1v) is 6.58. The van der Waals surface area contributed by atoms with E-state index in [9.17, 15) is 0 Å². The molecular weight excluding hydrogens is 226 g/mol. The predicted octanol–water partition coefficient (Wildman–Crippen LogP) is 2.25. The van der Waals surface area contributed by atoms with Crippen LogP contribution in [0.5, 0.6) is 0 Å². The number of hydrogen-bond acceptors (Lipinski definition) is 3. The molecule has 4 nitrogen and oxygen atoms in total. The molecule has 0 amide bonds. The Morgan fingerprint density at radius 2 is 2.39 bits per heavy atom. The van der Waals surface area contributed by atoms with Crippen LogP contribution in [0, 0.1) is 5.92 Å². The lowest BCUT2D eigenvalue weighted by molar-refractivity contribution is 0.184. The Balaban J connectivity index is 1.65. The van der Waals surface area contributed by atoms with Crippen LogP contribution in [0.4, 0.5) is 0 Å². The van der Waals surface area contributed by atoms with Crippen LogP contribution in [0.15, 0.2) is 24.3 Å². The molecule has 1 aliphatic heterocycles. The number of nitrogens with zero attached hydrogens (tertiary/aromatic N) is 1. The van der Waals surface area contributed by atoms with Crippen LogP contribution in [0.3, 0.4) is 0 Å². The smallest absolute Gasteiger partial charge is 0.124 e. The summed E-state index contributed by atoms with van der Waals surface area (Å²) in [7, 11) is 0. The number of hydrogen-bond donors (Lipinski definition) is 2.